The first-order valence-corrected chi connectivity index (χ1v) is 7.29. The van der Waals surface area contributed by atoms with Crippen molar-refractivity contribution in [1.29, 1.82) is 0 Å². The van der Waals surface area contributed by atoms with Crippen molar-refractivity contribution in [2.24, 2.45) is 0 Å². The van der Waals surface area contributed by atoms with Crippen molar-refractivity contribution < 1.29 is 4.79 Å². The maximum absolute atomic E-state index is 12.3. The molecule has 0 spiro atoms. The molecule has 0 aliphatic rings. The van der Waals surface area contributed by atoms with Gasteiger partial charge in [-0.05, 0) is 48.5 Å². The number of hydrogen-bond acceptors (Lipinski definition) is 3. The van der Waals surface area contributed by atoms with Gasteiger partial charge in [-0.25, -0.2) is 4.68 Å². The van der Waals surface area contributed by atoms with Crippen LogP contribution in [0.25, 0.3) is 5.69 Å². The molecule has 0 saturated heterocycles. The van der Waals surface area contributed by atoms with Gasteiger partial charge in [0.1, 0.15) is 0 Å². The summed E-state index contributed by atoms with van der Waals surface area (Å²) in [4.78, 5) is 12.3. The lowest BCUT2D eigenvalue weighted by Crippen LogP contribution is -2.01. The highest BCUT2D eigenvalue weighted by molar-refractivity contribution is 9.10. The maximum Gasteiger partial charge on any atom is 0.214 e. The van der Waals surface area contributed by atoms with Crippen molar-refractivity contribution >= 4 is 33.3 Å². The molecule has 0 fully saturated rings. The SMILES string of the molecule is O=C(c1ccc(Br)cc1)c1cn(-c2ccc(Cl)cc2)nn1. The van der Waals surface area contributed by atoms with Crippen LogP contribution < -0.4 is 0 Å². The molecule has 0 N–H and O–H groups in total. The van der Waals surface area contributed by atoms with Gasteiger partial charge in [-0.15, -0.1) is 5.10 Å². The van der Waals surface area contributed by atoms with Gasteiger partial charge in [0.05, 0.1) is 11.9 Å². The Balaban J connectivity index is 1.89. The van der Waals surface area contributed by atoms with E-state index in [4.69, 9.17) is 11.6 Å². The Kier molecular flexibility index (Phi) is 3.86. The summed E-state index contributed by atoms with van der Waals surface area (Å²) in [6.45, 7) is 0. The van der Waals surface area contributed by atoms with Gasteiger partial charge in [0.15, 0.2) is 5.69 Å². The molecule has 3 rings (SSSR count). The van der Waals surface area contributed by atoms with Gasteiger partial charge in [0.25, 0.3) is 0 Å². The molecule has 104 valence electrons. The van der Waals surface area contributed by atoms with Crippen LogP contribution in [0.1, 0.15) is 16.1 Å². The predicted octanol–water partition coefficient (Wildman–Crippen LogP) is 3.91. The molecule has 1 aromatic heterocycles. The fourth-order valence-electron chi connectivity index (χ4n) is 1.84. The first kappa shape index (κ1) is 14.0. The number of halogens is 2. The van der Waals surface area contributed by atoms with Gasteiger partial charge in [0.2, 0.25) is 5.78 Å². The lowest BCUT2D eigenvalue weighted by molar-refractivity contribution is 0.103. The third kappa shape index (κ3) is 3.04. The standard InChI is InChI=1S/C15H9BrClN3O/c16-11-3-1-10(2-4-11)15(21)14-9-20(19-18-14)13-7-5-12(17)6-8-13/h1-9H. The van der Waals surface area contributed by atoms with E-state index in [0.717, 1.165) is 10.2 Å². The van der Waals surface area contributed by atoms with E-state index < -0.39 is 0 Å². The topological polar surface area (TPSA) is 47.8 Å². The average Bonchev–Trinajstić information content (AvgIpc) is 2.98. The molecule has 0 amide bonds. The van der Waals surface area contributed by atoms with Crippen LogP contribution in [0.4, 0.5) is 0 Å². The Morgan fingerprint density at radius 2 is 1.71 bits per heavy atom. The number of rotatable bonds is 3. The lowest BCUT2D eigenvalue weighted by atomic mass is 10.1. The summed E-state index contributed by atoms with van der Waals surface area (Å²) in [6, 6.07) is 14.3. The highest BCUT2D eigenvalue weighted by Gasteiger charge is 2.13. The van der Waals surface area contributed by atoms with E-state index in [1.54, 1.807) is 35.1 Å². The van der Waals surface area contributed by atoms with E-state index in [1.165, 1.54) is 0 Å². The van der Waals surface area contributed by atoms with Gasteiger partial charge >= 0.3 is 0 Å². The number of carbonyl (C=O) groups excluding carboxylic acids is 1. The summed E-state index contributed by atoms with van der Waals surface area (Å²) in [7, 11) is 0. The number of carbonyl (C=O) groups is 1. The monoisotopic (exact) mass is 361 g/mol. The second-order valence-corrected chi connectivity index (χ2v) is 5.71. The quantitative estimate of drug-likeness (QED) is 0.664. The smallest absolute Gasteiger partial charge is 0.214 e. The van der Waals surface area contributed by atoms with E-state index in [9.17, 15) is 4.79 Å². The van der Waals surface area contributed by atoms with E-state index in [0.29, 0.717) is 16.3 Å². The van der Waals surface area contributed by atoms with Gasteiger partial charge < -0.3 is 0 Å². The Labute approximate surface area is 134 Å². The average molecular weight is 363 g/mol. The molecular formula is C15H9BrClN3O. The Morgan fingerprint density at radius 3 is 2.38 bits per heavy atom. The van der Waals surface area contributed by atoms with Crippen LogP contribution in [-0.2, 0) is 0 Å². The molecule has 2 aromatic carbocycles. The van der Waals surface area contributed by atoms with Crippen LogP contribution in [0.2, 0.25) is 5.02 Å². The molecule has 0 bridgehead atoms. The van der Waals surface area contributed by atoms with Crippen molar-refractivity contribution in [2.45, 2.75) is 0 Å². The predicted molar refractivity (Wildman–Crippen MR) is 83.9 cm³/mol. The molecule has 0 saturated carbocycles. The molecule has 0 aliphatic heterocycles. The van der Waals surface area contributed by atoms with Crippen LogP contribution in [0.5, 0.6) is 0 Å². The van der Waals surface area contributed by atoms with Crippen molar-refractivity contribution in [1.82, 2.24) is 15.0 Å². The van der Waals surface area contributed by atoms with Crippen LogP contribution in [0.3, 0.4) is 0 Å². The molecule has 21 heavy (non-hydrogen) atoms. The molecule has 0 atom stereocenters. The number of ketones is 1. The van der Waals surface area contributed by atoms with Gasteiger partial charge in [-0.3, -0.25) is 4.79 Å². The van der Waals surface area contributed by atoms with Crippen LogP contribution in [0.15, 0.2) is 59.2 Å². The molecule has 0 unspecified atom stereocenters. The number of aromatic nitrogens is 3. The minimum absolute atomic E-state index is 0.164. The van der Waals surface area contributed by atoms with Gasteiger partial charge in [-0.1, -0.05) is 32.7 Å². The summed E-state index contributed by atoms with van der Waals surface area (Å²) >= 11 is 9.18. The molecule has 4 nitrogen and oxygen atoms in total. The van der Waals surface area contributed by atoms with Crippen molar-refractivity contribution in [3.63, 3.8) is 0 Å². The number of benzene rings is 2. The van der Waals surface area contributed by atoms with E-state index in [1.807, 2.05) is 24.3 Å². The highest BCUT2D eigenvalue weighted by atomic mass is 79.9. The zero-order valence-electron chi connectivity index (χ0n) is 10.7. The summed E-state index contributed by atoms with van der Waals surface area (Å²) in [5, 5.41) is 8.55. The second-order valence-electron chi connectivity index (χ2n) is 4.36. The second kappa shape index (κ2) is 5.79. The summed E-state index contributed by atoms with van der Waals surface area (Å²) in [5.74, 6) is -0.164. The molecule has 1 heterocycles. The fourth-order valence-corrected chi connectivity index (χ4v) is 2.23. The van der Waals surface area contributed by atoms with Gasteiger partial charge in [-0.2, -0.15) is 0 Å². The molecule has 0 aliphatic carbocycles. The van der Waals surface area contributed by atoms with Crippen LogP contribution >= 0.6 is 27.5 Å². The zero-order valence-corrected chi connectivity index (χ0v) is 13.0. The first-order valence-electron chi connectivity index (χ1n) is 6.12. The van der Waals surface area contributed by atoms with E-state index in [-0.39, 0.29) is 5.78 Å². The summed E-state index contributed by atoms with van der Waals surface area (Å²) in [5.41, 5.74) is 1.66. The van der Waals surface area contributed by atoms with Crippen LogP contribution in [-0.4, -0.2) is 20.8 Å². The summed E-state index contributed by atoms with van der Waals surface area (Å²) in [6.07, 6.45) is 1.60. The first-order chi connectivity index (χ1) is 10.1. The third-order valence-electron chi connectivity index (χ3n) is 2.92. The third-order valence-corrected chi connectivity index (χ3v) is 3.70. The fraction of sp³-hybridized carbons (Fsp3) is 0. The maximum atomic E-state index is 12.3. The molecule has 0 radical (unpaired) electrons. The Bertz CT molecular complexity index is 781. The lowest BCUT2D eigenvalue weighted by Gasteiger charge is -1.99. The number of nitrogens with zero attached hydrogens (tertiary/aromatic N) is 3. The number of hydrogen-bond donors (Lipinski definition) is 0. The largest absolute Gasteiger partial charge is 0.287 e. The highest BCUT2D eigenvalue weighted by Crippen LogP contribution is 2.15. The van der Waals surface area contributed by atoms with Gasteiger partial charge in [0, 0.05) is 15.1 Å². The minimum Gasteiger partial charge on any atom is -0.287 e. The van der Waals surface area contributed by atoms with E-state index in [2.05, 4.69) is 26.2 Å². The molecule has 6 heteroatoms. The van der Waals surface area contributed by atoms with Crippen molar-refractivity contribution in [3.8, 4) is 5.69 Å². The van der Waals surface area contributed by atoms with Crippen molar-refractivity contribution in [2.75, 3.05) is 0 Å². The Hall–Kier alpha value is -1.98. The minimum atomic E-state index is -0.164. The van der Waals surface area contributed by atoms with Crippen LogP contribution in [0, 0.1) is 0 Å². The van der Waals surface area contributed by atoms with Crippen molar-refractivity contribution in [3.05, 3.63) is 75.5 Å². The summed E-state index contributed by atoms with van der Waals surface area (Å²) < 4.78 is 2.46. The molecule has 3 aromatic rings. The van der Waals surface area contributed by atoms with E-state index >= 15 is 0 Å². The molecular weight excluding hydrogens is 354 g/mol. The normalized spacial score (nSPS) is 10.6. The Morgan fingerprint density at radius 1 is 1.05 bits per heavy atom. The zero-order chi connectivity index (χ0) is 14.8.